The quantitative estimate of drug-likeness (QED) is 0.900. The second kappa shape index (κ2) is 6.46. The third-order valence-electron chi connectivity index (χ3n) is 4.95. The van der Waals surface area contributed by atoms with Gasteiger partial charge in [0.1, 0.15) is 0 Å². The highest BCUT2D eigenvalue weighted by atomic mass is 35.5. The van der Waals surface area contributed by atoms with Crippen LogP contribution in [0.4, 0.5) is 0 Å². The fraction of sp³-hybridized carbons (Fsp3) is 0.647. The van der Waals surface area contributed by atoms with Crippen LogP contribution < -0.4 is 5.32 Å². The van der Waals surface area contributed by atoms with Crippen LogP contribution in [0.2, 0.25) is 0 Å². The molecule has 3 heteroatoms. The minimum absolute atomic E-state index is 0. The van der Waals surface area contributed by atoms with Crippen LogP contribution in [0.5, 0.6) is 0 Å². The van der Waals surface area contributed by atoms with Crippen molar-refractivity contribution in [2.45, 2.75) is 58.7 Å². The number of halogens is 1. The molecule has 2 saturated heterocycles. The van der Waals surface area contributed by atoms with E-state index in [2.05, 4.69) is 43.1 Å². The Morgan fingerprint density at radius 1 is 1.00 bits per heavy atom. The highest BCUT2D eigenvalue weighted by molar-refractivity contribution is 5.85. The van der Waals surface area contributed by atoms with E-state index in [1.165, 1.54) is 54.6 Å². The van der Waals surface area contributed by atoms with Gasteiger partial charge in [0.25, 0.3) is 0 Å². The Hall–Kier alpha value is -0.570. The van der Waals surface area contributed by atoms with E-state index in [0.29, 0.717) is 0 Å². The molecule has 0 radical (unpaired) electrons. The number of likely N-dealkylation sites (tertiary alicyclic amines) is 1. The normalized spacial score (nSPS) is 26.1. The number of rotatable bonds is 2. The molecule has 2 aliphatic rings. The van der Waals surface area contributed by atoms with Crippen molar-refractivity contribution in [1.82, 2.24) is 10.2 Å². The monoisotopic (exact) mass is 294 g/mol. The van der Waals surface area contributed by atoms with Gasteiger partial charge < -0.3 is 5.32 Å². The van der Waals surface area contributed by atoms with E-state index < -0.39 is 0 Å². The Bertz CT molecular complexity index is 472. The molecule has 1 N–H and O–H groups in total. The predicted octanol–water partition coefficient (Wildman–Crippen LogP) is 3.36. The maximum Gasteiger partial charge on any atom is 0.0237 e. The molecule has 2 unspecified atom stereocenters. The maximum absolute atomic E-state index is 3.76. The molecule has 20 heavy (non-hydrogen) atoms. The van der Waals surface area contributed by atoms with Crippen molar-refractivity contribution in [3.05, 3.63) is 34.4 Å². The molecule has 1 aromatic carbocycles. The molecule has 1 aromatic rings. The van der Waals surface area contributed by atoms with Gasteiger partial charge >= 0.3 is 0 Å². The molecular formula is C17H27ClN2. The molecule has 2 nitrogen and oxygen atoms in total. The predicted molar refractivity (Wildman–Crippen MR) is 87.7 cm³/mol. The van der Waals surface area contributed by atoms with E-state index in [0.717, 1.165) is 18.6 Å². The van der Waals surface area contributed by atoms with Crippen LogP contribution in [0.25, 0.3) is 0 Å². The molecule has 0 aliphatic carbocycles. The molecule has 112 valence electrons. The van der Waals surface area contributed by atoms with Crippen molar-refractivity contribution in [2.24, 2.45) is 0 Å². The van der Waals surface area contributed by atoms with Gasteiger partial charge in [-0.2, -0.15) is 0 Å². The third kappa shape index (κ3) is 3.36. The second-order valence-corrected chi connectivity index (χ2v) is 6.52. The molecule has 0 spiro atoms. The van der Waals surface area contributed by atoms with Crippen LogP contribution >= 0.6 is 12.4 Å². The van der Waals surface area contributed by atoms with Crippen LogP contribution in [-0.4, -0.2) is 30.1 Å². The molecule has 2 bridgehead atoms. The molecule has 2 fully saturated rings. The fourth-order valence-corrected chi connectivity index (χ4v) is 3.59. The van der Waals surface area contributed by atoms with E-state index in [9.17, 15) is 0 Å². The van der Waals surface area contributed by atoms with Crippen LogP contribution in [0, 0.1) is 20.8 Å². The molecular weight excluding hydrogens is 268 g/mol. The summed E-state index contributed by atoms with van der Waals surface area (Å²) in [5.74, 6) is 0. The highest BCUT2D eigenvalue weighted by Crippen LogP contribution is 2.23. The fourth-order valence-electron chi connectivity index (χ4n) is 3.59. The van der Waals surface area contributed by atoms with Crippen LogP contribution in [-0.2, 0) is 6.54 Å². The highest BCUT2D eigenvalue weighted by Gasteiger charge is 2.29. The molecule has 0 saturated carbocycles. The SMILES string of the molecule is Cc1cc(C)c(CN2CCC3CCC(C2)N3)cc1C.Cl. The summed E-state index contributed by atoms with van der Waals surface area (Å²) in [7, 11) is 0. The van der Waals surface area contributed by atoms with Gasteiger partial charge in [-0.15, -0.1) is 12.4 Å². The molecule has 2 atom stereocenters. The zero-order valence-corrected chi connectivity index (χ0v) is 13.7. The van der Waals surface area contributed by atoms with E-state index in [4.69, 9.17) is 0 Å². The number of fused-ring (bicyclic) bond motifs is 2. The Morgan fingerprint density at radius 2 is 1.70 bits per heavy atom. The van der Waals surface area contributed by atoms with Crippen molar-refractivity contribution in [3.63, 3.8) is 0 Å². The standard InChI is InChI=1S/C17H26N2.ClH/c1-12-8-14(3)15(9-13(12)2)10-19-7-6-16-4-5-17(11-19)18-16;/h8-9,16-18H,4-7,10-11H2,1-3H3;1H. The summed E-state index contributed by atoms with van der Waals surface area (Å²) >= 11 is 0. The van der Waals surface area contributed by atoms with Gasteiger partial charge in [-0.3, -0.25) is 4.90 Å². The zero-order chi connectivity index (χ0) is 13.4. The van der Waals surface area contributed by atoms with Crippen LogP contribution in [0.3, 0.4) is 0 Å². The lowest BCUT2D eigenvalue weighted by atomic mass is 10.00. The van der Waals surface area contributed by atoms with Gasteiger partial charge in [-0.05, 0) is 62.3 Å². The minimum atomic E-state index is 0. The molecule has 0 aromatic heterocycles. The Kier molecular flexibility index (Phi) is 5.11. The first-order chi connectivity index (χ1) is 9.11. The average molecular weight is 295 g/mol. The van der Waals surface area contributed by atoms with Crippen LogP contribution in [0.15, 0.2) is 12.1 Å². The average Bonchev–Trinajstić information content (AvgIpc) is 2.69. The molecule has 3 rings (SSSR count). The van der Waals surface area contributed by atoms with Crippen LogP contribution in [0.1, 0.15) is 41.5 Å². The van der Waals surface area contributed by atoms with Crippen molar-refractivity contribution >= 4 is 12.4 Å². The number of aryl methyl sites for hydroxylation is 3. The smallest absolute Gasteiger partial charge is 0.0237 e. The first-order valence-corrected chi connectivity index (χ1v) is 7.67. The van der Waals surface area contributed by atoms with Crippen molar-refractivity contribution in [1.29, 1.82) is 0 Å². The summed E-state index contributed by atoms with van der Waals surface area (Å²) in [5.41, 5.74) is 5.80. The zero-order valence-electron chi connectivity index (χ0n) is 12.9. The topological polar surface area (TPSA) is 15.3 Å². The summed E-state index contributed by atoms with van der Waals surface area (Å²) in [6, 6.07) is 6.25. The van der Waals surface area contributed by atoms with E-state index in [1.54, 1.807) is 0 Å². The number of hydrogen-bond donors (Lipinski definition) is 1. The Labute approximate surface area is 129 Å². The summed E-state index contributed by atoms with van der Waals surface area (Å²) in [4.78, 5) is 2.65. The Balaban J connectivity index is 0.00000147. The van der Waals surface area contributed by atoms with E-state index >= 15 is 0 Å². The molecule has 2 heterocycles. The summed E-state index contributed by atoms with van der Waals surface area (Å²) in [5, 5.41) is 3.76. The van der Waals surface area contributed by atoms with Gasteiger partial charge in [0.2, 0.25) is 0 Å². The lowest BCUT2D eigenvalue weighted by molar-refractivity contribution is 0.250. The summed E-state index contributed by atoms with van der Waals surface area (Å²) < 4.78 is 0. The second-order valence-electron chi connectivity index (χ2n) is 6.52. The number of nitrogens with one attached hydrogen (secondary N) is 1. The van der Waals surface area contributed by atoms with Gasteiger partial charge in [0, 0.05) is 31.7 Å². The maximum atomic E-state index is 3.76. The van der Waals surface area contributed by atoms with Gasteiger partial charge in [-0.1, -0.05) is 12.1 Å². The van der Waals surface area contributed by atoms with E-state index in [-0.39, 0.29) is 12.4 Å². The first-order valence-electron chi connectivity index (χ1n) is 7.67. The summed E-state index contributed by atoms with van der Waals surface area (Å²) in [6.45, 7) is 10.3. The van der Waals surface area contributed by atoms with Gasteiger partial charge in [-0.25, -0.2) is 0 Å². The van der Waals surface area contributed by atoms with Gasteiger partial charge in [0.05, 0.1) is 0 Å². The largest absolute Gasteiger partial charge is 0.310 e. The first kappa shape index (κ1) is 15.8. The van der Waals surface area contributed by atoms with E-state index in [1.807, 2.05) is 0 Å². The lowest BCUT2D eigenvalue weighted by Gasteiger charge is -2.25. The lowest BCUT2D eigenvalue weighted by Crippen LogP contribution is -2.35. The van der Waals surface area contributed by atoms with Crippen molar-refractivity contribution in [3.8, 4) is 0 Å². The number of benzene rings is 1. The minimum Gasteiger partial charge on any atom is -0.310 e. The summed E-state index contributed by atoms with van der Waals surface area (Å²) in [6.07, 6.45) is 4.08. The van der Waals surface area contributed by atoms with Crippen molar-refractivity contribution in [2.75, 3.05) is 13.1 Å². The molecule has 0 amide bonds. The number of nitrogens with zero attached hydrogens (tertiary/aromatic N) is 1. The number of hydrogen-bond acceptors (Lipinski definition) is 2. The Morgan fingerprint density at radius 3 is 2.50 bits per heavy atom. The molecule has 2 aliphatic heterocycles. The third-order valence-corrected chi connectivity index (χ3v) is 4.95. The van der Waals surface area contributed by atoms with Crippen molar-refractivity contribution < 1.29 is 0 Å². The van der Waals surface area contributed by atoms with Gasteiger partial charge in [0.15, 0.2) is 0 Å².